The number of rotatable bonds is 5. The number of carbonyl (C=O) groups excluding carboxylic acids is 1. The number of benzene rings is 2. The zero-order chi connectivity index (χ0) is 16.9. The molecule has 2 aromatic carbocycles. The number of nitrogens with one attached hydrogen (secondary N) is 2. The van der Waals surface area contributed by atoms with Gasteiger partial charge in [-0.15, -0.1) is 11.8 Å². The average molecular weight is 338 g/mol. The highest BCUT2D eigenvalue weighted by atomic mass is 32.2. The van der Waals surface area contributed by atoms with Gasteiger partial charge in [0.25, 0.3) is 0 Å². The van der Waals surface area contributed by atoms with E-state index in [1.54, 1.807) is 12.1 Å². The van der Waals surface area contributed by atoms with Gasteiger partial charge in [-0.2, -0.15) is 0 Å². The standard InChI is InChI=1S/C19H18N2O2S/c1-13-6-2-4-8-16(13)21-19(23)12-24-11-14-10-18(22)15-7-3-5-9-17(15)20-14/h2-10H,11-12H2,1H3,(H,20,22)(H,21,23). The summed E-state index contributed by atoms with van der Waals surface area (Å²) in [6.07, 6.45) is 0. The number of aromatic nitrogens is 1. The molecule has 0 radical (unpaired) electrons. The molecule has 0 bridgehead atoms. The summed E-state index contributed by atoms with van der Waals surface area (Å²) in [5, 5.41) is 3.59. The highest BCUT2D eigenvalue weighted by Gasteiger charge is 2.06. The lowest BCUT2D eigenvalue weighted by atomic mass is 10.2. The van der Waals surface area contributed by atoms with E-state index in [1.807, 2.05) is 49.4 Å². The van der Waals surface area contributed by atoms with Crippen LogP contribution in [0.4, 0.5) is 5.69 Å². The Kier molecular flexibility index (Phi) is 5.01. The van der Waals surface area contributed by atoms with Gasteiger partial charge < -0.3 is 10.3 Å². The predicted molar refractivity (Wildman–Crippen MR) is 101 cm³/mol. The van der Waals surface area contributed by atoms with Crippen LogP contribution in [0, 0.1) is 6.92 Å². The van der Waals surface area contributed by atoms with E-state index in [0.29, 0.717) is 16.9 Å². The first-order valence-corrected chi connectivity index (χ1v) is 8.83. The maximum absolute atomic E-state index is 12.1. The molecule has 3 aromatic rings. The molecule has 3 rings (SSSR count). The van der Waals surface area contributed by atoms with Crippen LogP contribution in [0.1, 0.15) is 11.3 Å². The van der Waals surface area contributed by atoms with Crippen LogP contribution in [-0.2, 0) is 10.5 Å². The highest BCUT2D eigenvalue weighted by molar-refractivity contribution is 7.99. The number of aryl methyl sites for hydroxylation is 1. The molecular formula is C19H18N2O2S. The number of amides is 1. The molecule has 1 aromatic heterocycles. The molecule has 0 fully saturated rings. The number of carbonyl (C=O) groups is 1. The van der Waals surface area contributed by atoms with Gasteiger partial charge in [0.05, 0.1) is 5.75 Å². The van der Waals surface area contributed by atoms with Crippen molar-refractivity contribution in [3.63, 3.8) is 0 Å². The molecule has 0 aliphatic rings. The number of anilines is 1. The summed E-state index contributed by atoms with van der Waals surface area (Å²) < 4.78 is 0. The molecule has 0 spiro atoms. The molecule has 0 aliphatic heterocycles. The van der Waals surface area contributed by atoms with Crippen molar-refractivity contribution in [2.24, 2.45) is 0 Å². The molecule has 122 valence electrons. The number of aromatic amines is 1. The number of H-pyrrole nitrogens is 1. The molecule has 2 N–H and O–H groups in total. The Morgan fingerprint density at radius 3 is 2.71 bits per heavy atom. The van der Waals surface area contributed by atoms with Gasteiger partial charge in [-0.05, 0) is 30.7 Å². The minimum atomic E-state index is -0.0440. The van der Waals surface area contributed by atoms with Crippen molar-refractivity contribution < 1.29 is 4.79 Å². The summed E-state index contributed by atoms with van der Waals surface area (Å²) in [6.45, 7) is 1.96. The fourth-order valence-electron chi connectivity index (χ4n) is 2.48. The molecule has 0 saturated carbocycles. The van der Waals surface area contributed by atoms with E-state index in [-0.39, 0.29) is 11.3 Å². The number of thioether (sulfide) groups is 1. The van der Waals surface area contributed by atoms with Gasteiger partial charge in [0, 0.05) is 34.1 Å². The van der Waals surface area contributed by atoms with Gasteiger partial charge in [-0.1, -0.05) is 30.3 Å². The molecule has 24 heavy (non-hydrogen) atoms. The third-order valence-electron chi connectivity index (χ3n) is 3.70. The van der Waals surface area contributed by atoms with Crippen molar-refractivity contribution in [1.29, 1.82) is 0 Å². The lowest BCUT2D eigenvalue weighted by Gasteiger charge is -2.08. The number of para-hydroxylation sites is 2. The summed E-state index contributed by atoms with van der Waals surface area (Å²) >= 11 is 1.47. The summed E-state index contributed by atoms with van der Waals surface area (Å²) in [5.41, 5.74) is 3.53. The van der Waals surface area contributed by atoms with Crippen LogP contribution in [0.2, 0.25) is 0 Å². The molecule has 1 heterocycles. The smallest absolute Gasteiger partial charge is 0.234 e. The lowest BCUT2D eigenvalue weighted by Crippen LogP contribution is -2.15. The van der Waals surface area contributed by atoms with Gasteiger partial charge in [0.15, 0.2) is 5.43 Å². The van der Waals surface area contributed by atoms with Gasteiger partial charge in [-0.3, -0.25) is 9.59 Å². The lowest BCUT2D eigenvalue weighted by molar-refractivity contribution is -0.113. The summed E-state index contributed by atoms with van der Waals surface area (Å²) in [7, 11) is 0. The SMILES string of the molecule is Cc1ccccc1NC(=O)CSCc1cc(=O)c2ccccc2[nH]1. The topological polar surface area (TPSA) is 62.0 Å². The second-order valence-electron chi connectivity index (χ2n) is 5.56. The Balaban J connectivity index is 1.59. The number of pyridine rings is 1. The van der Waals surface area contributed by atoms with Crippen LogP contribution in [0.3, 0.4) is 0 Å². The van der Waals surface area contributed by atoms with Crippen molar-refractivity contribution in [1.82, 2.24) is 4.98 Å². The first-order chi connectivity index (χ1) is 11.6. The third-order valence-corrected chi connectivity index (χ3v) is 4.68. The van der Waals surface area contributed by atoms with Crippen molar-refractivity contribution in [2.45, 2.75) is 12.7 Å². The summed E-state index contributed by atoms with van der Waals surface area (Å²) in [4.78, 5) is 27.3. The zero-order valence-corrected chi connectivity index (χ0v) is 14.2. The fraction of sp³-hybridized carbons (Fsp3) is 0.158. The zero-order valence-electron chi connectivity index (χ0n) is 13.3. The maximum Gasteiger partial charge on any atom is 0.234 e. The average Bonchev–Trinajstić information content (AvgIpc) is 2.57. The van der Waals surface area contributed by atoms with Gasteiger partial charge in [0.1, 0.15) is 0 Å². The molecule has 0 atom stereocenters. The Bertz CT molecular complexity index is 934. The quantitative estimate of drug-likeness (QED) is 0.745. The van der Waals surface area contributed by atoms with Crippen LogP contribution in [0.15, 0.2) is 59.4 Å². The van der Waals surface area contributed by atoms with Crippen molar-refractivity contribution in [2.75, 3.05) is 11.1 Å². The molecule has 0 aliphatic carbocycles. The van der Waals surface area contributed by atoms with Crippen LogP contribution >= 0.6 is 11.8 Å². The number of hydrogen-bond donors (Lipinski definition) is 2. The van der Waals surface area contributed by atoms with E-state index in [4.69, 9.17) is 0 Å². The second-order valence-corrected chi connectivity index (χ2v) is 6.55. The Hall–Kier alpha value is -2.53. The number of fused-ring (bicyclic) bond motifs is 1. The first kappa shape index (κ1) is 16.3. The van der Waals surface area contributed by atoms with Gasteiger partial charge >= 0.3 is 0 Å². The predicted octanol–water partition coefficient (Wildman–Crippen LogP) is 3.71. The maximum atomic E-state index is 12.1. The van der Waals surface area contributed by atoms with Crippen molar-refractivity contribution in [3.8, 4) is 0 Å². The normalized spacial score (nSPS) is 10.7. The van der Waals surface area contributed by atoms with E-state index < -0.39 is 0 Å². The van der Waals surface area contributed by atoms with Crippen LogP contribution < -0.4 is 10.7 Å². The van der Waals surface area contributed by atoms with E-state index in [2.05, 4.69) is 10.3 Å². The minimum absolute atomic E-state index is 0.00399. The second kappa shape index (κ2) is 7.36. The van der Waals surface area contributed by atoms with E-state index >= 15 is 0 Å². The first-order valence-electron chi connectivity index (χ1n) is 7.67. The van der Waals surface area contributed by atoms with E-state index in [9.17, 15) is 9.59 Å². The molecule has 1 amide bonds. The van der Waals surface area contributed by atoms with Gasteiger partial charge in [0.2, 0.25) is 5.91 Å². The fourth-order valence-corrected chi connectivity index (χ4v) is 3.22. The van der Waals surface area contributed by atoms with Crippen molar-refractivity contribution in [3.05, 3.63) is 76.1 Å². The number of hydrogen-bond acceptors (Lipinski definition) is 3. The monoisotopic (exact) mass is 338 g/mol. The molecule has 0 unspecified atom stereocenters. The largest absolute Gasteiger partial charge is 0.357 e. The summed E-state index contributed by atoms with van der Waals surface area (Å²) in [5.74, 6) is 0.877. The van der Waals surface area contributed by atoms with Gasteiger partial charge in [-0.25, -0.2) is 0 Å². The molecular weight excluding hydrogens is 320 g/mol. The Morgan fingerprint density at radius 1 is 1.12 bits per heavy atom. The molecule has 5 heteroatoms. The Labute approximate surface area is 144 Å². The van der Waals surface area contributed by atoms with Crippen LogP contribution in [-0.4, -0.2) is 16.6 Å². The van der Waals surface area contributed by atoms with E-state index in [0.717, 1.165) is 22.5 Å². The minimum Gasteiger partial charge on any atom is -0.357 e. The Morgan fingerprint density at radius 2 is 1.88 bits per heavy atom. The van der Waals surface area contributed by atoms with Crippen LogP contribution in [0.25, 0.3) is 10.9 Å². The van der Waals surface area contributed by atoms with E-state index in [1.165, 1.54) is 11.8 Å². The highest BCUT2D eigenvalue weighted by Crippen LogP contribution is 2.16. The summed E-state index contributed by atoms with van der Waals surface area (Å²) in [6, 6.07) is 16.7. The molecule has 4 nitrogen and oxygen atoms in total. The third kappa shape index (κ3) is 3.86. The van der Waals surface area contributed by atoms with Crippen LogP contribution in [0.5, 0.6) is 0 Å². The van der Waals surface area contributed by atoms with Crippen molar-refractivity contribution >= 4 is 34.3 Å². The molecule has 0 saturated heterocycles.